The predicted molar refractivity (Wildman–Crippen MR) is 126 cm³/mol. The zero-order valence-corrected chi connectivity index (χ0v) is 19.3. The molecule has 0 saturated heterocycles. The number of aliphatic imine (C=N–C) groups is 1. The Bertz CT molecular complexity index is 1100. The number of nitrogens with zero attached hydrogens (tertiary/aromatic N) is 3. The van der Waals surface area contributed by atoms with Crippen LogP contribution in [0.1, 0.15) is 22.5 Å². The minimum atomic E-state index is -1.24. The van der Waals surface area contributed by atoms with Crippen LogP contribution >= 0.6 is 11.6 Å². The lowest BCUT2D eigenvalue weighted by Gasteiger charge is -2.14. The Hall–Kier alpha value is -3.18. The van der Waals surface area contributed by atoms with E-state index in [0.29, 0.717) is 41.0 Å². The fourth-order valence-corrected chi connectivity index (χ4v) is 3.21. The normalized spacial score (nSPS) is 12.2. The number of nitrogens with two attached hydrogens (primary N) is 1. The number of carbonyl (C=O) groups excluding carboxylic acids is 1. The number of carbonyl (C=O) groups is 1. The van der Waals surface area contributed by atoms with Crippen molar-refractivity contribution in [2.45, 2.75) is 11.3 Å². The van der Waals surface area contributed by atoms with Crippen LogP contribution in [-0.2, 0) is 16.0 Å². The van der Waals surface area contributed by atoms with Crippen LogP contribution in [0.5, 0.6) is 5.75 Å². The summed E-state index contributed by atoms with van der Waals surface area (Å²) in [6.07, 6.45) is 5.15. The number of benzene rings is 1. The molecule has 3 aromatic rings. The van der Waals surface area contributed by atoms with Gasteiger partial charge in [-0.25, -0.2) is 4.98 Å². The molecule has 0 aliphatic carbocycles. The van der Waals surface area contributed by atoms with Crippen LogP contribution in [0.15, 0.2) is 70.8 Å². The van der Waals surface area contributed by atoms with E-state index in [2.05, 4.69) is 20.4 Å². The highest BCUT2D eigenvalue weighted by Crippen LogP contribution is 2.24. The highest BCUT2D eigenvalue weighted by molar-refractivity contribution is 7.90. The second kappa shape index (κ2) is 12.2. The van der Waals surface area contributed by atoms with E-state index >= 15 is 0 Å². The first kappa shape index (κ1) is 24.5. The molecule has 0 spiro atoms. The molecule has 0 aliphatic heterocycles. The van der Waals surface area contributed by atoms with Gasteiger partial charge >= 0.3 is 0 Å². The quantitative estimate of drug-likeness (QED) is 0.164. The number of hydroxylamine groups is 1. The van der Waals surface area contributed by atoms with Crippen molar-refractivity contribution in [3.05, 3.63) is 77.2 Å². The average Bonchev–Trinajstić information content (AvgIpc) is 2.83. The summed E-state index contributed by atoms with van der Waals surface area (Å²) in [5.74, 6) is 0.0253. The number of hydrogen-bond acceptors (Lipinski definition) is 8. The summed E-state index contributed by atoms with van der Waals surface area (Å²) in [6.45, 7) is 0.743. The Morgan fingerprint density at radius 2 is 2.09 bits per heavy atom. The highest BCUT2D eigenvalue weighted by Gasteiger charge is 2.18. The fraction of sp³-hybridized carbons (Fsp3) is 0.182. The van der Waals surface area contributed by atoms with E-state index in [1.807, 2.05) is 0 Å². The van der Waals surface area contributed by atoms with Crippen molar-refractivity contribution in [1.29, 1.82) is 0 Å². The molecule has 3 N–H and O–H groups in total. The first-order chi connectivity index (χ1) is 16.0. The van der Waals surface area contributed by atoms with E-state index in [-0.39, 0.29) is 17.2 Å². The third-order valence-corrected chi connectivity index (χ3v) is 5.33. The number of hydrogen-bond donors (Lipinski definition) is 2. The summed E-state index contributed by atoms with van der Waals surface area (Å²) in [5, 5.41) is 0.459. The van der Waals surface area contributed by atoms with Crippen molar-refractivity contribution in [2.75, 3.05) is 19.4 Å². The topological polar surface area (TPSA) is 135 Å². The summed E-state index contributed by atoms with van der Waals surface area (Å²) in [4.78, 5) is 31.6. The van der Waals surface area contributed by atoms with Crippen molar-refractivity contribution in [2.24, 2.45) is 10.7 Å². The minimum absolute atomic E-state index is 0.0238. The molecule has 33 heavy (non-hydrogen) atoms. The molecule has 0 fully saturated rings. The number of amides is 1. The van der Waals surface area contributed by atoms with Gasteiger partial charge in [0, 0.05) is 18.5 Å². The van der Waals surface area contributed by atoms with Crippen LogP contribution in [0, 0.1) is 0 Å². The first-order valence-corrected chi connectivity index (χ1v) is 11.8. The third-order valence-electron chi connectivity index (χ3n) is 4.19. The van der Waals surface area contributed by atoms with Crippen molar-refractivity contribution < 1.29 is 18.9 Å². The maximum absolute atomic E-state index is 12.9. The summed E-state index contributed by atoms with van der Waals surface area (Å²) in [5.41, 5.74) is 8.46. The molecule has 0 aliphatic rings. The second-order valence-corrected chi connectivity index (χ2v) is 8.42. The summed E-state index contributed by atoms with van der Waals surface area (Å²) in [7, 11) is 0. The number of rotatable bonds is 8. The van der Waals surface area contributed by atoms with Gasteiger partial charge in [-0.05, 0) is 60.5 Å². The predicted octanol–water partition coefficient (Wildman–Crippen LogP) is 3.03. The molecule has 0 bridgehead atoms. The third kappa shape index (κ3) is 7.16. The molecule has 1 unspecified atom stereocenters. The van der Waals surface area contributed by atoms with E-state index in [1.54, 1.807) is 54.9 Å². The largest absolute Gasteiger partial charge is 0.612 e. The average molecular weight is 488 g/mol. The van der Waals surface area contributed by atoms with Crippen LogP contribution in [0.2, 0.25) is 5.02 Å². The van der Waals surface area contributed by atoms with Crippen LogP contribution in [-0.4, -0.2) is 45.7 Å². The Kier molecular flexibility index (Phi) is 9.02. The molecule has 9 nitrogen and oxygen atoms in total. The van der Waals surface area contributed by atoms with Gasteiger partial charge in [-0.1, -0.05) is 17.7 Å². The molecule has 2 aromatic heterocycles. The lowest BCUT2D eigenvalue weighted by atomic mass is 10.2. The Morgan fingerprint density at radius 3 is 2.76 bits per heavy atom. The van der Waals surface area contributed by atoms with E-state index in [4.69, 9.17) is 26.9 Å². The van der Waals surface area contributed by atoms with Gasteiger partial charge < -0.3 is 19.9 Å². The molecule has 172 valence electrons. The zero-order chi connectivity index (χ0) is 23.6. The summed E-state index contributed by atoms with van der Waals surface area (Å²) >= 11 is 4.64. The molecule has 3 rings (SSSR count). The van der Waals surface area contributed by atoms with Crippen LogP contribution in [0.3, 0.4) is 0 Å². The molecule has 0 saturated carbocycles. The maximum atomic E-state index is 12.9. The van der Waals surface area contributed by atoms with Gasteiger partial charge in [0.2, 0.25) is 0 Å². The number of aromatic nitrogens is 2. The number of halogens is 1. The van der Waals surface area contributed by atoms with Gasteiger partial charge in [-0.3, -0.25) is 9.78 Å². The van der Waals surface area contributed by atoms with Crippen molar-refractivity contribution >= 4 is 40.4 Å². The molecular formula is C22H22ClN5O4S. The molecule has 11 heteroatoms. The molecule has 2 heterocycles. The van der Waals surface area contributed by atoms with Gasteiger partial charge in [0.15, 0.2) is 10.7 Å². The summed E-state index contributed by atoms with van der Waals surface area (Å²) in [6, 6.07) is 13.1. The van der Waals surface area contributed by atoms with Gasteiger partial charge in [0.05, 0.1) is 17.2 Å². The molecule has 1 amide bonds. The monoisotopic (exact) mass is 487 g/mol. The SMILES string of the molecule is C[S+]([O-])c1ccc(C(=O)NOC(=Nc2ccc(Cl)cn2)c2ccccn2)c(OCCCN)c1. The number of ether oxygens (including phenoxy) is 1. The molecular weight excluding hydrogens is 466 g/mol. The van der Waals surface area contributed by atoms with E-state index in [9.17, 15) is 9.35 Å². The van der Waals surface area contributed by atoms with Crippen molar-refractivity contribution in [1.82, 2.24) is 15.4 Å². The lowest BCUT2D eigenvalue weighted by molar-refractivity contribution is 0.0733. The van der Waals surface area contributed by atoms with E-state index in [0.717, 1.165) is 0 Å². The fourth-order valence-electron chi connectivity index (χ4n) is 2.56. The smallest absolute Gasteiger partial charge is 0.287 e. The minimum Gasteiger partial charge on any atom is -0.612 e. The van der Waals surface area contributed by atoms with Gasteiger partial charge in [0.1, 0.15) is 17.7 Å². The Balaban J connectivity index is 1.83. The molecule has 1 atom stereocenters. The second-order valence-electron chi connectivity index (χ2n) is 6.60. The maximum Gasteiger partial charge on any atom is 0.287 e. The van der Waals surface area contributed by atoms with Crippen LogP contribution in [0.4, 0.5) is 5.82 Å². The van der Waals surface area contributed by atoms with Crippen molar-refractivity contribution in [3.8, 4) is 5.75 Å². The van der Waals surface area contributed by atoms with Gasteiger partial charge in [0.25, 0.3) is 11.8 Å². The number of pyridine rings is 2. The number of nitrogens with one attached hydrogen (secondary N) is 1. The van der Waals surface area contributed by atoms with Gasteiger partial charge in [-0.2, -0.15) is 10.5 Å². The van der Waals surface area contributed by atoms with E-state index < -0.39 is 17.1 Å². The van der Waals surface area contributed by atoms with Crippen LogP contribution < -0.4 is 16.0 Å². The highest BCUT2D eigenvalue weighted by atomic mass is 35.5. The van der Waals surface area contributed by atoms with Gasteiger partial charge in [-0.15, -0.1) is 0 Å². The molecule has 0 radical (unpaired) electrons. The van der Waals surface area contributed by atoms with Crippen molar-refractivity contribution in [3.63, 3.8) is 0 Å². The van der Waals surface area contributed by atoms with Crippen LogP contribution in [0.25, 0.3) is 0 Å². The summed E-state index contributed by atoms with van der Waals surface area (Å²) < 4.78 is 17.5. The Morgan fingerprint density at radius 1 is 1.24 bits per heavy atom. The zero-order valence-electron chi connectivity index (χ0n) is 17.7. The standard InChI is InChI=1S/C22H22ClN5O4S/c1-33(30)16-7-8-17(19(13-16)31-12-4-10-24)21(29)28-32-22(18-5-2-3-11-25-18)27-20-9-6-15(23)14-26-20/h2-3,5-9,11,13-14H,4,10,12,24H2,1H3,(H,28,29). The van der Waals surface area contributed by atoms with E-state index in [1.165, 1.54) is 12.3 Å². The lowest BCUT2D eigenvalue weighted by Crippen LogP contribution is -2.28. The molecule has 1 aromatic carbocycles. The Labute approximate surface area is 199 Å². The first-order valence-electron chi connectivity index (χ1n) is 9.87.